The van der Waals surface area contributed by atoms with Crippen LogP contribution in [0.2, 0.25) is 0 Å². The highest BCUT2D eigenvalue weighted by molar-refractivity contribution is 6.20. The highest BCUT2D eigenvalue weighted by atomic mass is 35.5. The lowest BCUT2D eigenvalue weighted by atomic mass is 9.90. The van der Waals surface area contributed by atoms with Crippen LogP contribution in [0, 0.1) is 5.41 Å². The van der Waals surface area contributed by atoms with Crippen molar-refractivity contribution in [3.05, 3.63) is 78.4 Å². The van der Waals surface area contributed by atoms with Crippen LogP contribution < -0.4 is 19.9 Å². The number of hydrogen-bond donors (Lipinski definition) is 1. The Kier molecular flexibility index (Phi) is 13.8. The molecule has 0 aliphatic carbocycles. The quantitative estimate of drug-likeness (QED) is 0.243. The van der Waals surface area contributed by atoms with Crippen molar-refractivity contribution >= 4 is 60.4 Å². The van der Waals surface area contributed by atoms with Gasteiger partial charge in [-0.1, -0.05) is 6.07 Å². The van der Waals surface area contributed by atoms with Crippen molar-refractivity contribution in [3.63, 3.8) is 0 Å². The molecule has 1 atom stereocenters. The number of rotatable bonds is 10. The van der Waals surface area contributed by atoms with Crippen molar-refractivity contribution in [1.82, 2.24) is 15.3 Å². The molecule has 0 saturated carbocycles. The number of aromatic nitrogens is 2. The Morgan fingerprint density at radius 2 is 1.68 bits per heavy atom. The number of anilines is 2. The summed E-state index contributed by atoms with van der Waals surface area (Å²) in [5.74, 6) is 0.245. The molecule has 0 spiro atoms. The van der Waals surface area contributed by atoms with Crippen molar-refractivity contribution in [2.75, 3.05) is 36.5 Å². The third kappa shape index (κ3) is 7.85. The first kappa shape index (κ1) is 35.1. The van der Waals surface area contributed by atoms with Crippen LogP contribution in [0.15, 0.2) is 67.3 Å². The number of fused-ring (bicyclic) bond motifs is 1. The molecule has 1 N–H and O–H groups in total. The van der Waals surface area contributed by atoms with E-state index in [4.69, 9.17) is 4.74 Å². The summed E-state index contributed by atoms with van der Waals surface area (Å²) >= 11 is 0. The highest BCUT2D eigenvalue weighted by Gasteiger charge is 2.45. The van der Waals surface area contributed by atoms with Gasteiger partial charge in [0.05, 0.1) is 18.0 Å². The fourth-order valence-corrected chi connectivity index (χ4v) is 4.65. The van der Waals surface area contributed by atoms with Gasteiger partial charge in [0.2, 0.25) is 11.8 Å². The van der Waals surface area contributed by atoms with Gasteiger partial charge >= 0.3 is 0 Å². The Morgan fingerprint density at radius 1 is 0.950 bits per heavy atom. The monoisotopic (exact) mass is 609 g/mol. The highest BCUT2D eigenvalue weighted by Crippen LogP contribution is 2.40. The topological polar surface area (TPSA) is 87.7 Å². The molecule has 1 aliphatic heterocycles. The smallest absolute Gasteiger partial charge is 0.242 e. The zero-order chi connectivity index (χ0) is 26.4. The van der Waals surface area contributed by atoms with Crippen molar-refractivity contribution in [1.29, 1.82) is 0 Å². The SMILES string of the molecule is CCN1C(=O)C(C)(C)C(=O)N(C)c2cc(OCCCNC(Cc3ccncc3)c3cccnc3)ccc21.Cl.Cl.Cl. The molecule has 11 heteroatoms. The summed E-state index contributed by atoms with van der Waals surface area (Å²) in [6.07, 6.45) is 8.93. The molecule has 4 rings (SSSR count). The van der Waals surface area contributed by atoms with Gasteiger partial charge < -0.3 is 19.9 Å². The second-order valence-electron chi connectivity index (χ2n) is 9.74. The fraction of sp³-hybridized carbons (Fsp3) is 0.379. The number of halogens is 3. The van der Waals surface area contributed by atoms with Gasteiger partial charge in [0, 0.05) is 50.5 Å². The number of nitrogens with zero attached hydrogens (tertiary/aromatic N) is 4. The predicted octanol–water partition coefficient (Wildman–Crippen LogP) is 5.44. The summed E-state index contributed by atoms with van der Waals surface area (Å²) in [6.45, 7) is 7.04. The first-order valence-electron chi connectivity index (χ1n) is 12.7. The van der Waals surface area contributed by atoms with E-state index in [-0.39, 0.29) is 55.1 Å². The van der Waals surface area contributed by atoms with Gasteiger partial charge in [-0.25, -0.2) is 0 Å². The van der Waals surface area contributed by atoms with Gasteiger partial charge in [0.25, 0.3) is 0 Å². The summed E-state index contributed by atoms with van der Waals surface area (Å²) in [6, 6.07) is 13.8. The van der Waals surface area contributed by atoms with Crippen LogP contribution in [-0.4, -0.2) is 48.5 Å². The van der Waals surface area contributed by atoms with E-state index in [9.17, 15) is 9.59 Å². The van der Waals surface area contributed by atoms with Crippen molar-refractivity contribution in [3.8, 4) is 5.75 Å². The number of ether oxygens (including phenoxy) is 1. The lowest BCUT2D eigenvalue weighted by molar-refractivity contribution is -0.137. The third-order valence-corrected chi connectivity index (χ3v) is 6.79. The van der Waals surface area contributed by atoms with E-state index in [0.29, 0.717) is 24.6 Å². The van der Waals surface area contributed by atoms with Gasteiger partial charge in [0.15, 0.2) is 0 Å². The minimum atomic E-state index is -1.13. The largest absolute Gasteiger partial charge is 0.493 e. The molecule has 2 aromatic heterocycles. The zero-order valence-corrected chi connectivity index (χ0v) is 25.7. The van der Waals surface area contributed by atoms with Crippen molar-refractivity contribution < 1.29 is 14.3 Å². The summed E-state index contributed by atoms with van der Waals surface area (Å²) in [7, 11) is 1.71. The molecule has 8 nitrogen and oxygen atoms in total. The molecule has 40 heavy (non-hydrogen) atoms. The Labute approximate surface area is 255 Å². The molecule has 0 saturated heterocycles. The molecule has 3 heterocycles. The number of carbonyl (C=O) groups is 2. The van der Waals surface area contributed by atoms with E-state index in [1.165, 1.54) is 5.56 Å². The third-order valence-electron chi connectivity index (χ3n) is 6.79. The molecule has 3 aromatic rings. The van der Waals surface area contributed by atoms with E-state index >= 15 is 0 Å². The fourth-order valence-electron chi connectivity index (χ4n) is 4.65. The molecule has 1 unspecified atom stereocenters. The van der Waals surface area contributed by atoms with E-state index < -0.39 is 5.41 Å². The Hall–Kier alpha value is -2.91. The summed E-state index contributed by atoms with van der Waals surface area (Å²) in [5, 5.41) is 3.63. The Bertz CT molecular complexity index is 1230. The second-order valence-corrected chi connectivity index (χ2v) is 9.74. The molecule has 0 fully saturated rings. The van der Waals surface area contributed by atoms with Crippen LogP contribution >= 0.6 is 37.2 Å². The van der Waals surface area contributed by atoms with Crippen LogP contribution in [0.25, 0.3) is 0 Å². The average Bonchev–Trinajstić information content (AvgIpc) is 2.97. The number of hydrogen-bond acceptors (Lipinski definition) is 6. The summed E-state index contributed by atoms with van der Waals surface area (Å²) in [5.41, 5.74) is 2.61. The van der Waals surface area contributed by atoms with Gasteiger partial charge in [-0.15, -0.1) is 37.2 Å². The van der Waals surface area contributed by atoms with Crippen LogP contribution in [-0.2, 0) is 16.0 Å². The maximum absolute atomic E-state index is 13.1. The molecule has 1 aliphatic rings. The van der Waals surface area contributed by atoms with Crippen LogP contribution in [0.4, 0.5) is 11.4 Å². The molecule has 2 amide bonds. The first-order valence-corrected chi connectivity index (χ1v) is 12.7. The minimum absolute atomic E-state index is 0. The van der Waals surface area contributed by atoms with Crippen molar-refractivity contribution in [2.24, 2.45) is 5.41 Å². The number of pyridine rings is 2. The first-order chi connectivity index (χ1) is 17.8. The average molecular weight is 611 g/mol. The van der Waals surface area contributed by atoms with Crippen LogP contribution in [0.5, 0.6) is 5.75 Å². The van der Waals surface area contributed by atoms with E-state index in [0.717, 1.165) is 30.6 Å². The Morgan fingerprint density at radius 3 is 2.33 bits per heavy atom. The number of benzene rings is 1. The van der Waals surface area contributed by atoms with E-state index in [1.807, 2.05) is 61.9 Å². The van der Waals surface area contributed by atoms with Crippen LogP contribution in [0.3, 0.4) is 0 Å². The van der Waals surface area contributed by atoms with E-state index in [2.05, 4.69) is 21.4 Å². The lowest BCUT2D eigenvalue weighted by Crippen LogP contribution is -2.47. The maximum Gasteiger partial charge on any atom is 0.242 e. The lowest BCUT2D eigenvalue weighted by Gasteiger charge is -2.27. The molecular formula is C29H38Cl3N5O3. The Balaban J connectivity index is 0.00000267. The normalized spacial score (nSPS) is 14.6. The standard InChI is InChI=1S/C29H35N5O3.3ClH/c1-5-34-25-10-9-23(19-26(25)33(4)27(35)29(2,3)28(34)36)37-17-7-14-32-24(22-8-6-13-31-20-22)18-21-11-15-30-16-12-21;;;/h6,8-13,15-16,19-20,24,32H,5,7,14,17-18H2,1-4H3;3*1H. The number of amides is 2. The maximum atomic E-state index is 13.1. The minimum Gasteiger partial charge on any atom is -0.493 e. The van der Waals surface area contributed by atoms with Gasteiger partial charge in [-0.2, -0.15) is 0 Å². The molecular weight excluding hydrogens is 573 g/mol. The van der Waals surface area contributed by atoms with Crippen molar-refractivity contribution in [2.45, 2.75) is 39.7 Å². The van der Waals surface area contributed by atoms with E-state index in [1.54, 1.807) is 36.9 Å². The van der Waals surface area contributed by atoms with Gasteiger partial charge in [0.1, 0.15) is 11.2 Å². The predicted molar refractivity (Wildman–Crippen MR) is 166 cm³/mol. The van der Waals surface area contributed by atoms with Crippen LogP contribution in [0.1, 0.15) is 44.4 Å². The second kappa shape index (κ2) is 15.8. The molecule has 1 aromatic carbocycles. The molecule has 0 bridgehead atoms. The number of carbonyl (C=O) groups excluding carboxylic acids is 2. The molecule has 218 valence electrons. The zero-order valence-electron chi connectivity index (χ0n) is 23.2. The summed E-state index contributed by atoms with van der Waals surface area (Å²) < 4.78 is 6.05. The molecule has 0 radical (unpaired) electrons. The summed E-state index contributed by atoms with van der Waals surface area (Å²) in [4.78, 5) is 37.7. The van der Waals surface area contributed by atoms with Gasteiger partial charge in [-0.05, 0) is 81.6 Å². The number of nitrogens with one attached hydrogen (secondary N) is 1. The van der Waals surface area contributed by atoms with Gasteiger partial charge in [-0.3, -0.25) is 19.6 Å².